The summed E-state index contributed by atoms with van der Waals surface area (Å²) >= 11 is 0. The lowest BCUT2D eigenvalue weighted by molar-refractivity contribution is -0.168. The molecule has 0 heterocycles. The Morgan fingerprint density at radius 2 is 1.38 bits per heavy atom. The van der Waals surface area contributed by atoms with Gasteiger partial charge in [-0.2, -0.15) is 0 Å². The van der Waals surface area contributed by atoms with Gasteiger partial charge in [0.25, 0.3) is 6.29 Å². The molecule has 3 rings (SSSR count). The van der Waals surface area contributed by atoms with Crippen LogP contribution in [0.1, 0.15) is 39.5 Å². The van der Waals surface area contributed by atoms with E-state index in [-0.39, 0.29) is 22.7 Å². The van der Waals surface area contributed by atoms with Crippen LogP contribution in [0.4, 0.5) is 0 Å². The Morgan fingerprint density at radius 3 is 1.88 bits per heavy atom. The Hall–Kier alpha value is -2.29. The van der Waals surface area contributed by atoms with Gasteiger partial charge >= 0.3 is 5.97 Å². The van der Waals surface area contributed by atoms with Gasteiger partial charge in [-0.25, -0.2) is 0 Å². The van der Waals surface area contributed by atoms with Crippen molar-refractivity contribution < 1.29 is 14.3 Å². The van der Waals surface area contributed by atoms with E-state index in [9.17, 15) is 4.79 Å². The van der Waals surface area contributed by atoms with Crippen molar-refractivity contribution in [3.05, 3.63) is 66.2 Å². The Kier molecular flexibility index (Phi) is 4.12. The van der Waals surface area contributed by atoms with Gasteiger partial charge in [-0.1, -0.05) is 76.2 Å². The minimum Gasteiger partial charge on any atom is -0.450 e. The molecule has 1 aliphatic carbocycles. The molecule has 0 aliphatic heterocycles. The fraction of sp³-hybridized carbons (Fsp3) is 0.381. The zero-order valence-electron chi connectivity index (χ0n) is 14.7. The molecule has 0 bridgehead atoms. The molecule has 0 spiro atoms. The van der Waals surface area contributed by atoms with Gasteiger partial charge in [0.1, 0.15) is 5.75 Å². The summed E-state index contributed by atoms with van der Waals surface area (Å²) in [5.41, 5.74) is 0.710. The molecule has 0 amide bonds. The third kappa shape index (κ3) is 2.91. The largest absolute Gasteiger partial charge is 0.450 e. The maximum atomic E-state index is 12.7. The first-order valence-electron chi connectivity index (χ1n) is 8.31. The zero-order valence-corrected chi connectivity index (χ0v) is 14.7. The number of hydrogen-bond donors (Lipinski definition) is 0. The van der Waals surface area contributed by atoms with E-state index in [0.29, 0.717) is 5.75 Å². The van der Waals surface area contributed by atoms with Crippen LogP contribution >= 0.6 is 0 Å². The van der Waals surface area contributed by atoms with Gasteiger partial charge in [0.15, 0.2) is 0 Å². The second kappa shape index (κ2) is 5.97. The normalized spacial score (nSPS) is 19.3. The smallest absolute Gasteiger partial charge is 0.313 e. The van der Waals surface area contributed by atoms with E-state index in [0.717, 1.165) is 5.56 Å². The van der Waals surface area contributed by atoms with Crippen LogP contribution in [-0.2, 0) is 9.53 Å². The van der Waals surface area contributed by atoms with Crippen LogP contribution in [0.15, 0.2) is 60.7 Å². The Bertz CT molecular complexity index is 690. The van der Waals surface area contributed by atoms with Gasteiger partial charge in [0.05, 0.1) is 5.92 Å². The van der Waals surface area contributed by atoms with Gasteiger partial charge in [-0.05, 0) is 23.0 Å². The van der Waals surface area contributed by atoms with E-state index in [1.54, 1.807) is 0 Å². The third-order valence-corrected chi connectivity index (χ3v) is 5.54. The van der Waals surface area contributed by atoms with Gasteiger partial charge in [0, 0.05) is 5.56 Å². The van der Waals surface area contributed by atoms with Gasteiger partial charge in [0.2, 0.25) is 0 Å². The summed E-state index contributed by atoms with van der Waals surface area (Å²) in [7, 11) is 0. The molecule has 3 heteroatoms. The van der Waals surface area contributed by atoms with Crippen LogP contribution in [0, 0.1) is 16.7 Å². The molecule has 2 aromatic carbocycles. The molecule has 0 aromatic heterocycles. The number of hydrogen-bond acceptors (Lipinski definition) is 3. The number of ether oxygens (including phenoxy) is 2. The van der Waals surface area contributed by atoms with Gasteiger partial charge in [-0.15, -0.1) is 0 Å². The Morgan fingerprint density at radius 1 is 0.875 bits per heavy atom. The van der Waals surface area contributed by atoms with Crippen LogP contribution in [0.25, 0.3) is 0 Å². The molecule has 0 radical (unpaired) electrons. The van der Waals surface area contributed by atoms with E-state index in [1.165, 1.54) is 0 Å². The second-order valence-corrected chi connectivity index (χ2v) is 7.49. The standard InChI is InChI=1S/C21H24O3/c1-20(2)17(21(20,3)4)18(22)24-19(15-11-7-5-8-12-15)23-16-13-9-6-10-14-16/h5-14,17,19H,1-4H3. The highest BCUT2D eigenvalue weighted by atomic mass is 16.7. The lowest BCUT2D eigenvalue weighted by Crippen LogP contribution is -2.20. The van der Waals surface area contributed by atoms with Crippen molar-refractivity contribution in [3.63, 3.8) is 0 Å². The van der Waals surface area contributed by atoms with Crippen molar-refractivity contribution >= 4 is 5.97 Å². The van der Waals surface area contributed by atoms with E-state index in [4.69, 9.17) is 9.47 Å². The highest BCUT2D eigenvalue weighted by Gasteiger charge is 2.69. The van der Waals surface area contributed by atoms with Crippen LogP contribution in [0.3, 0.4) is 0 Å². The fourth-order valence-corrected chi connectivity index (χ4v) is 3.35. The minimum absolute atomic E-state index is 0.0575. The molecule has 1 atom stereocenters. The molecule has 0 N–H and O–H groups in total. The number of carbonyl (C=O) groups excluding carboxylic acids is 1. The van der Waals surface area contributed by atoms with Gasteiger partial charge in [-0.3, -0.25) is 4.79 Å². The van der Waals surface area contributed by atoms with Crippen molar-refractivity contribution in [2.75, 3.05) is 0 Å². The van der Waals surface area contributed by atoms with E-state index >= 15 is 0 Å². The molecule has 1 aliphatic rings. The van der Waals surface area contributed by atoms with Crippen molar-refractivity contribution in [1.82, 2.24) is 0 Å². The highest BCUT2D eigenvalue weighted by Crippen LogP contribution is 2.68. The topological polar surface area (TPSA) is 35.5 Å². The summed E-state index contributed by atoms with van der Waals surface area (Å²) in [6.07, 6.45) is -0.742. The summed E-state index contributed by atoms with van der Waals surface area (Å²) in [6, 6.07) is 19.0. The molecular formula is C21H24O3. The lowest BCUT2D eigenvalue weighted by atomic mass is 10.0. The molecule has 126 valence electrons. The van der Waals surface area contributed by atoms with Gasteiger partial charge < -0.3 is 9.47 Å². The molecule has 2 aromatic rings. The average molecular weight is 324 g/mol. The quantitative estimate of drug-likeness (QED) is 0.574. The zero-order chi connectivity index (χ0) is 17.4. The number of esters is 1. The molecule has 24 heavy (non-hydrogen) atoms. The highest BCUT2D eigenvalue weighted by molar-refractivity contribution is 5.79. The first kappa shape index (κ1) is 16.6. The molecule has 1 fully saturated rings. The van der Waals surface area contributed by atoms with Crippen molar-refractivity contribution in [2.24, 2.45) is 16.7 Å². The summed E-state index contributed by atoms with van der Waals surface area (Å²) in [4.78, 5) is 12.7. The van der Waals surface area contributed by atoms with Crippen LogP contribution in [-0.4, -0.2) is 5.97 Å². The van der Waals surface area contributed by atoms with Crippen LogP contribution < -0.4 is 4.74 Å². The SMILES string of the molecule is CC1(C)C(C(=O)OC(Oc2ccccc2)c2ccccc2)C1(C)C. The number of benzene rings is 2. The number of carbonyl (C=O) groups is 1. The van der Waals surface area contributed by atoms with Crippen LogP contribution in [0.2, 0.25) is 0 Å². The lowest BCUT2D eigenvalue weighted by Gasteiger charge is -2.20. The Labute approximate surface area is 143 Å². The third-order valence-electron chi connectivity index (χ3n) is 5.54. The molecule has 0 saturated heterocycles. The summed E-state index contributed by atoms with van der Waals surface area (Å²) in [5.74, 6) is 0.360. The van der Waals surface area contributed by atoms with Crippen molar-refractivity contribution in [2.45, 2.75) is 34.0 Å². The van der Waals surface area contributed by atoms with E-state index in [2.05, 4.69) is 27.7 Å². The fourth-order valence-electron chi connectivity index (χ4n) is 3.35. The minimum atomic E-state index is -0.742. The maximum Gasteiger partial charge on any atom is 0.313 e. The average Bonchev–Trinajstić information content (AvgIpc) is 2.98. The summed E-state index contributed by atoms with van der Waals surface area (Å²) < 4.78 is 11.7. The predicted molar refractivity (Wildman–Crippen MR) is 93.4 cm³/mol. The molecule has 3 nitrogen and oxygen atoms in total. The molecule has 1 unspecified atom stereocenters. The predicted octanol–water partition coefficient (Wildman–Crippen LogP) is 4.99. The Balaban J connectivity index is 1.80. The number of rotatable bonds is 5. The molecule has 1 saturated carbocycles. The summed E-state index contributed by atoms with van der Waals surface area (Å²) in [5, 5.41) is 0. The van der Waals surface area contributed by atoms with Crippen molar-refractivity contribution in [1.29, 1.82) is 0 Å². The van der Waals surface area contributed by atoms with Crippen molar-refractivity contribution in [3.8, 4) is 5.75 Å². The van der Waals surface area contributed by atoms with E-state index in [1.807, 2.05) is 60.7 Å². The maximum absolute atomic E-state index is 12.7. The molecular weight excluding hydrogens is 300 g/mol. The van der Waals surface area contributed by atoms with E-state index < -0.39 is 6.29 Å². The summed E-state index contributed by atoms with van der Waals surface area (Å²) in [6.45, 7) is 8.42. The number of para-hydroxylation sites is 1. The monoisotopic (exact) mass is 324 g/mol. The first-order valence-corrected chi connectivity index (χ1v) is 8.31. The second-order valence-electron chi connectivity index (χ2n) is 7.49. The van der Waals surface area contributed by atoms with Crippen LogP contribution in [0.5, 0.6) is 5.75 Å². The first-order chi connectivity index (χ1) is 11.3.